The molecule has 43 heavy (non-hydrogen) atoms. The summed E-state index contributed by atoms with van der Waals surface area (Å²) < 4.78 is 36.6. The van der Waals surface area contributed by atoms with E-state index >= 15 is 0 Å². The number of morpholine rings is 1. The number of piperidine rings is 1. The summed E-state index contributed by atoms with van der Waals surface area (Å²) in [5.74, 6) is 0. The molecule has 0 spiro atoms. The molecule has 228 valence electrons. The van der Waals surface area contributed by atoms with Crippen LogP contribution in [0.15, 0.2) is 70.5 Å². The van der Waals surface area contributed by atoms with Crippen molar-refractivity contribution in [1.29, 1.82) is 0 Å². The van der Waals surface area contributed by atoms with Gasteiger partial charge in [0.25, 0.3) is 0 Å². The monoisotopic (exact) mass is 605 g/mol. The third kappa shape index (κ3) is 6.59. The highest BCUT2D eigenvalue weighted by Gasteiger charge is 2.32. The molecule has 12 heteroatoms. The van der Waals surface area contributed by atoms with E-state index in [9.17, 15) is 13.2 Å². The lowest BCUT2D eigenvalue weighted by atomic mass is 10.1. The Balaban J connectivity index is 1.22. The van der Waals surface area contributed by atoms with Gasteiger partial charge in [-0.15, -0.1) is 0 Å². The molecule has 6 rings (SSSR count). The molecule has 0 bridgehead atoms. The number of rotatable bonds is 10. The van der Waals surface area contributed by atoms with Crippen molar-refractivity contribution in [3.05, 3.63) is 76.8 Å². The van der Waals surface area contributed by atoms with Gasteiger partial charge in [0, 0.05) is 49.5 Å². The van der Waals surface area contributed by atoms with E-state index in [1.807, 2.05) is 42.5 Å². The standard InChI is InChI=1S/C31H39N7O4S/c32-21-23-2-6-26(7-3-23)37-22-25-20-29(34-30(25)35-31(37)39)24-4-8-28(9-5-24)43(40,41)38(27-10-12-33-13-11-27)15-1-14-36-16-18-42-19-17-36/h2-9,20,22,27,33H,1,10-19,21,32H2,(H,34,35,39). The van der Waals surface area contributed by atoms with Gasteiger partial charge in [0.05, 0.1) is 23.8 Å². The zero-order valence-corrected chi connectivity index (χ0v) is 25.1. The third-order valence-corrected chi connectivity index (χ3v) is 10.4. The van der Waals surface area contributed by atoms with Crippen molar-refractivity contribution in [2.45, 2.75) is 36.7 Å². The highest BCUT2D eigenvalue weighted by atomic mass is 32.2. The number of H-pyrrole nitrogens is 1. The first-order valence-corrected chi connectivity index (χ1v) is 16.4. The Morgan fingerprint density at radius 3 is 2.44 bits per heavy atom. The smallest absolute Gasteiger partial charge is 0.354 e. The van der Waals surface area contributed by atoms with Crippen molar-refractivity contribution < 1.29 is 13.2 Å². The minimum Gasteiger partial charge on any atom is -0.379 e. The molecule has 0 saturated carbocycles. The third-order valence-electron chi connectivity index (χ3n) is 8.40. The van der Waals surface area contributed by atoms with Gasteiger partial charge in [-0.05, 0) is 80.4 Å². The van der Waals surface area contributed by atoms with Crippen molar-refractivity contribution in [2.75, 3.05) is 52.5 Å². The Kier molecular flexibility index (Phi) is 9.03. The maximum Gasteiger partial charge on any atom is 0.354 e. The molecule has 4 heterocycles. The fraction of sp³-hybridized carbons (Fsp3) is 0.419. The first-order valence-electron chi connectivity index (χ1n) is 15.0. The zero-order chi connectivity index (χ0) is 29.8. The average Bonchev–Trinajstić information content (AvgIpc) is 3.46. The number of aromatic nitrogens is 3. The molecule has 4 N–H and O–H groups in total. The van der Waals surface area contributed by atoms with Gasteiger partial charge in [0.1, 0.15) is 5.65 Å². The molecule has 2 saturated heterocycles. The number of hydrogen-bond donors (Lipinski definition) is 3. The second kappa shape index (κ2) is 13.1. The fourth-order valence-corrected chi connectivity index (χ4v) is 7.66. The van der Waals surface area contributed by atoms with Gasteiger partial charge in [0.15, 0.2) is 0 Å². The van der Waals surface area contributed by atoms with E-state index in [4.69, 9.17) is 10.5 Å². The van der Waals surface area contributed by atoms with Gasteiger partial charge in [-0.2, -0.15) is 9.29 Å². The Morgan fingerprint density at radius 1 is 1.02 bits per heavy atom. The number of nitrogens with two attached hydrogens (primary N) is 1. The lowest BCUT2D eigenvalue weighted by Crippen LogP contribution is -2.47. The Bertz CT molecular complexity index is 1690. The van der Waals surface area contributed by atoms with Crippen LogP contribution >= 0.6 is 0 Å². The number of hydrogen-bond acceptors (Lipinski definition) is 8. The summed E-state index contributed by atoms with van der Waals surface area (Å²) in [5.41, 5.74) is 9.03. The van der Waals surface area contributed by atoms with Crippen LogP contribution in [0.5, 0.6) is 0 Å². The van der Waals surface area contributed by atoms with Crippen molar-refractivity contribution in [3.8, 4) is 16.9 Å². The van der Waals surface area contributed by atoms with Crippen molar-refractivity contribution in [2.24, 2.45) is 5.73 Å². The molecule has 0 radical (unpaired) electrons. The maximum atomic E-state index is 14.0. The molecule has 11 nitrogen and oxygen atoms in total. The first-order chi connectivity index (χ1) is 20.9. The first kappa shape index (κ1) is 29.7. The number of fused-ring (bicyclic) bond motifs is 1. The Hall–Kier alpha value is -3.39. The lowest BCUT2D eigenvalue weighted by molar-refractivity contribution is 0.0365. The predicted octanol–water partition coefficient (Wildman–Crippen LogP) is 2.30. The number of nitrogens with zero attached hydrogens (tertiary/aromatic N) is 4. The summed E-state index contributed by atoms with van der Waals surface area (Å²) in [4.78, 5) is 22.9. The van der Waals surface area contributed by atoms with Gasteiger partial charge in [-0.3, -0.25) is 9.47 Å². The van der Waals surface area contributed by atoms with Crippen LogP contribution in [0.25, 0.3) is 28.0 Å². The van der Waals surface area contributed by atoms with E-state index in [0.29, 0.717) is 24.4 Å². The van der Waals surface area contributed by atoms with E-state index < -0.39 is 15.7 Å². The second-order valence-corrected chi connectivity index (χ2v) is 13.1. The quantitative estimate of drug-likeness (QED) is 0.250. The molecule has 0 atom stereocenters. The van der Waals surface area contributed by atoms with Crippen molar-refractivity contribution in [3.63, 3.8) is 0 Å². The SMILES string of the molecule is NCc1ccc(-n2cc3cc(-c4ccc(S(=O)(=O)N(CCCN5CCOCC5)C5CCNCC5)cc4)[nH]c3nc2=O)cc1. The van der Waals surface area contributed by atoms with E-state index in [1.165, 1.54) is 4.57 Å². The van der Waals surface area contributed by atoms with Crippen LogP contribution in [-0.4, -0.2) is 90.7 Å². The topological polar surface area (TPSA) is 139 Å². The molecule has 2 aromatic carbocycles. The largest absolute Gasteiger partial charge is 0.379 e. The molecule has 0 unspecified atom stereocenters. The highest BCUT2D eigenvalue weighted by Crippen LogP contribution is 2.27. The second-order valence-electron chi connectivity index (χ2n) is 11.2. The summed E-state index contributed by atoms with van der Waals surface area (Å²) in [6.07, 6.45) is 4.14. The predicted molar refractivity (Wildman–Crippen MR) is 167 cm³/mol. The van der Waals surface area contributed by atoms with Gasteiger partial charge in [-0.25, -0.2) is 13.2 Å². The summed E-state index contributed by atoms with van der Waals surface area (Å²) >= 11 is 0. The number of sulfonamides is 1. The van der Waals surface area contributed by atoms with Crippen molar-refractivity contribution >= 4 is 21.1 Å². The Morgan fingerprint density at radius 2 is 1.74 bits per heavy atom. The van der Waals surface area contributed by atoms with Crippen LogP contribution in [0.1, 0.15) is 24.8 Å². The van der Waals surface area contributed by atoms with Gasteiger partial charge >= 0.3 is 5.69 Å². The summed E-state index contributed by atoms with van der Waals surface area (Å²) in [6, 6.07) is 16.3. The molecule has 2 aliphatic heterocycles. The maximum absolute atomic E-state index is 14.0. The summed E-state index contributed by atoms with van der Waals surface area (Å²) in [7, 11) is -3.69. The number of aromatic amines is 1. The van der Waals surface area contributed by atoms with Crippen LogP contribution in [0.3, 0.4) is 0 Å². The van der Waals surface area contributed by atoms with Gasteiger partial charge < -0.3 is 20.8 Å². The normalized spacial score (nSPS) is 17.2. The molecular weight excluding hydrogens is 566 g/mol. The molecule has 0 aliphatic carbocycles. The van der Waals surface area contributed by atoms with E-state index in [-0.39, 0.29) is 10.9 Å². The van der Waals surface area contributed by atoms with Crippen LogP contribution in [0.4, 0.5) is 0 Å². The highest BCUT2D eigenvalue weighted by molar-refractivity contribution is 7.89. The van der Waals surface area contributed by atoms with E-state index in [0.717, 1.165) is 87.4 Å². The molecule has 2 aromatic heterocycles. The number of nitrogens with one attached hydrogen (secondary N) is 2. The van der Waals surface area contributed by atoms with E-state index in [2.05, 4.69) is 20.2 Å². The van der Waals surface area contributed by atoms with Crippen LogP contribution in [0, 0.1) is 0 Å². The molecule has 2 fully saturated rings. The minimum absolute atomic E-state index is 0.0186. The van der Waals surface area contributed by atoms with Crippen LogP contribution in [-0.2, 0) is 21.3 Å². The summed E-state index contributed by atoms with van der Waals surface area (Å²) in [5, 5.41) is 4.12. The summed E-state index contributed by atoms with van der Waals surface area (Å²) in [6.45, 7) is 6.66. The molecule has 2 aliphatic rings. The average molecular weight is 606 g/mol. The molecular formula is C31H39N7O4S. The minimum atomic E-state index is -3.69. The number of ether oxygens (including phenoxy) is 1. The van der Waals surface area contributed by atoms with Crippen molar-refractivity contribution in [1.82, 2.24) is 29.1 Å². The molecule has 0 amide bonds. The van der Waals surface area contributed by atoms with Crippen LogP contribution in [0.2, 0.25) is 0 Å². The fourth-order valence-electron chi connectivity index (χ4n) is 5.94. The van der Waals surface area contributed by atoms with E-state index in [1.54, 1.807) is 22.6 Å². The van der Waals surface area contributed by atoms with Crippen LogP contribution < -0.4 is 16.7 Å². The Labute approximate surface area is 251 Å². The van der Waals surface area contributed by atoms with Gasteiger partial charge in [0.2, 0.25) is 10.0 Å². The zero-order valence-electron chi connectivity index (χ0n) is 24.2. The lowest BCUT2D eigenvalue weighted by Gasteiger charge is -2.34. The van der Waals surface area contributed by atoms with Gasteiger partial charge in [-0.1, -0.05) is 24.3 Å². The number of benzene rings is 2. The molecule has 4 aromatic rings.